The summed E-state index contributed by atoms with van der Waals surface area (Å²) in [6.45, 7) is 1.55. The van der Waals surface area contributed by atoms with E-state index in [2.05, 4.69) is 0 Å². The Morgan fingerprint density at radius 1 is 0.348 bits per heavy atom. The second-order valence-corrected chi connectivity index (χ2v) is 16.2. The van der Waals surface area contributed by atoms with Crippen molar-refractivity contribution in [1.82, 2.24) is 19.9 Å². The number of hydrogen-bond donors (Lipinski definition) is 4. The molecule has 3 aromatic heterocycles. The fraction of sp³-hybridized carbons (Fsp3) is 0.214. The molecule has 0 spiro atoms. The van der Waals surface area contributed by atoms with Crippen molar-refractivity contribution >= 4 is 46.4 Å². The van der Waals surface area contributed by atoms with Gasteiger partial charge in [-0.2, -0.15) is 0 Å². The third-order valence-corrected chi connectivity index (χ3v) is 11.4. The van der Waals surface area contributed by atoms with E-state index in [0.717, 1.165) is 44.5 Å². The maximum atomic E-state index is 9.48. The predicted molar refractivity (Wildman–Crippen MR) is 267 cm³/mol. The van der Waals surface area contributed by atoms with E-state index in [1.54, 1.807) is 0 Å². The molecule has 1 radical (unpaired) electrons. The summed E-state index contributed by atoms with van der Waals surface area (Å²) in [6, 6.07) is 39.4. The van der Waals surface area contributed by atoms with E-state index < -0.39 is 0 Å². The second kappa shape index (κ2) is 23.4. The molecule has 0 fully saturated rings. The number of aromatic nitrogens is 4. The molecule has 9 rings (SSSR count). The number of aliphatic hydroxyl groups is 4. The van der Waals surface area contributed by atoms with Crippen molar-refractivity contribution in [2.45, 2.75) is 25.7 Å². The number of fused-ring (bicyclic) bond motifs is 8. The standard InChI is InChI=1S/C56H52N4O8.Cu/c61-25-5-29-65-41-13-1-9-37(33-41)53-45-17-19-47(57-45)54(38-10-2-14-42(34-38)66-30-6-26-62)49-21-23-51(59-49)56(40-12-4-16-44(36-40)68-32-8-28-64)52-24-22-50(60-52)55(48-20-18-46(53)58-48)39-11-3-15-43(35-39)67-31-7-27-63;/h1-4,9-24,33-36,61-64H,5-8,25-32H2;/q-2;+2. The Labute approximate surface area is 411 Å². The van der Waals surface area contributed by atoms with Crippen LogP contribution in [0.15, 0.2) is 121 Å². The van der Waals surface area contributed by atoms with Gasteiger partial charge >= 0.3 is 17.1 Å². The molecule has 2 aliphatic heterocycles. The zero-order valence-electron chi connectivity index (χ0n) is 37.9. The number of nitrogens with zero attached hydrogens (tertiary/aromatic N) is 4. The maximum Gasteiger partial charge on any atom is 2.00 e. The molecule has 355 valence electrons. The number of benzene rings is 4. The number of rotatable bonds is 20. The van der Waals surface area contributed by atoms with Crippen molar-refractivity contribution < 1.29 is 56.4 Å². The Hall–Kier alpha value is -6.96. The summed E-state index contributed by atoms with van der Waals surface area (Å²) in [5.74, 6) is 2.61. The van der Waals surface area contributed by atoms with Gasteiger partial charge < -0.3 is 49.3 Å². The van der Waals surface area contributed by atoms with Gasteiger partial charge in [-0.25, -0.2) is 9.97 Å². The van der Waals surface area contributed by atoms with Crippen molar-refractivity contribution in [1.29, 1.82) is 0 Å². The first-order valence-electron chi connectivity index (χ1n) is 23.0. The van der Waals surface area contributed by atoms with Crippen LogP contribution < -0.4 is 28.9 Å². The quantitative estimate of drug-likeness (QED) is 0.0422. The van der Waals surface area contributed by atoms with Crippen LogP contribution in [0.3, 0.4) is 0 Å². The molecule has 5 heterocycles. The molecule has 0 saturated heterocycles. The first kappa shape index (κ1) is 48.5. The minimum atomic E-state index is 0. The van der Waals surface area contributed by atoms with E-state index >= 15 is 0 Å². The van der Waals surface area contributed by atoms with Gasteiger partial charge in [-0.15, -0.1) is 22.1 Å². The molecule has 0 saturated carbocycles. The molecule has 69 heavy (non-hydrogen) atoms. The summed E-state index contributed by atoms with van der Waals surface area (Å²) in [7, 11) is 0. The Morgan fingerprint density at radius 2 is 0.594 bits per heavy atom. The fourth-order valence-corrected chi connectivity index (χ4v) is 8.25. The molecule has 8 bridgehead atoms. The van der Waals surface area contributed by atoms with Crippen LogP contribution in [0, 0.1) is 0 Å². The average molecular weight is 973 g/mol. The fourth-order valence-electron chi connectivity index (χ4n) is 8.25. The summed E-state index contributed by atoms with van der Waals surface area (Å²) in [5.41, 5.74) is 12.0. The van der Waals surface area contributed by atoms with Crippen molar-refractivity contribution in [2.75, 3.05) is 52.9 Å². The largest absolute Gasteiger partial charge is 2.00 e. The van der Waals surface area contributed by atoms with Crippen molar-refractivity contribution in [3.63, 3.8) is 0 Å². The molecular formula is C56H52CuN4O8. The molecule has 4 N–H and O–H groups in total. The average Bonchev–Trinajstić information content (AvgIpc) is 4.21. The Bertz CT molecular complexity index is 2720. The van der Waals surface area contributed by atoms with Gasteiger partial charge in [0.1, 0.15) is 23.0 Å². The first-order chi connectivity index (χ1) is 33.5. The van der Waals surface area contributed by atoms with Gasteiger partial charge in [0.2, 0.25) is 0 Å². The normalized spacial score (nSPS) is 11.7. The topological polar surface area (TPSA) is 172 Å². The SMILES string of the molecule is OCCCOc1cccc(-c2c3nc(c(-c4cccc(OCCCO)c4)c4ccc([n-]4)c(-c4cccc(OCCCO)c4)c4nc(c(-c5cccc(OCCCO)c5)c5ccc2[n-]5)C=C4)C=C3)c1.[Cu+2]. The van der Waals surface area contributed by atoms with Crippen LogP contribution in [0.25, 0.3) is 90.9 Å². The van der Waals surface area contributed by atoms with E-state index in [9.17, 15) is 20.4 Å². The van der Waals surface area contributed by atoms with E-state index in [1.807, 2.05) is 146 Å². The summed E-state index contributed by atoms with van der Waals surface area (Å²) < 4.78 is 24.3. The van der Waals surface area contributed by atoms with Gasteiger partial charge in [0.25, 0.3) is 0 Å². The molecule has 2 aliphatic rings. The van der Waals surface area contributed by atoms with E-state index in [4.69, 9.17) is 38.9 Å². The van der Waals surface area contributed by atoms with Crippen LogP contribution in [0.1, 0.15) is 48.5 Å². The number of aliphatic hydroxyl groups excluding tert-OH is 4. The van der Waals surface area contributed by atoms with Gasteiger partial charge in [-0.1, -0.05) is 72.8 Å². The minimum Gasteiger partial charge on any atom is -0.657 e. The zero-order valence-corrected chi connectivity index (χ0v) is 38.8. The van der Waals surface area contributed by atoms with Crippen molar-refractivity contribution in [3.05, 3.63) is 144 Å². The summed E-state index contributed by atoms with van der Waals surface area (Å²) >= 11 is 0. The molecule has 0 aliphatic carbocycles. The van der Waals surface area contributed by atoms with E-state index in [0.29, 0.717) is 120 Å². The van der Waals surface area contributed by atoms with E-state index in [1.165, 1.54) is 0 Å². The van der Waals surface area contributed by atoms with Crippen molar-refractivity contribution in [3.8, 4) is 67.5 Å². The van der Waals surface area contributed by atoms with Crippen LogP contribution in [0.4, 0.5) is 0 Å². The van der Waals surface area contributed by atoms with Crippen LogP contribution >= 0.6 is 0 Å². The minimum absolute atomic E-state index is 0. The van der Waals surface area contributed by atoms with Crippen LogP contribution in [-0.2, 0) is 17.1 Å². The van der Waals surface area contributed by atoms with E-state index in [-0.39, 0.29) is 43.5 Å². The molecular weight excluding hydrogens is 920 g/mol. The Balaban J connectivity index is 0.00000642. The smallest absolute Gasteiger partial charge is 0.657 e. The summed E-state index contributed by atoms with van der Waals surface area (Å²) in [5, 5.41) is 37.9. The molecule has 7 aromatic rings. The van der Waals surface area contributed by atoms with Crippen LogP contribution in [-0.4, -0.2) is 83.2 Å². The number of hydrogen-bond acceptors (Lipinski definition) is 10. The molecule has 13 heteroatoms. The molecule has 0 amide bonds. The van der Waals surface area contributed by atoms with Gasteiger partial charge in [0.05, 0.1) is 49.2 Å². The second-order valence-electron chi connectivity index (χ2n) is 16.2. The Kier molecular flexibility index (Phi) is 16.4. The van der Waals surface area contributed by atoms with Gasteiger partial charge in [0.15, 0.2) is 0 Å². The maximum absolute atomic E-state index is 9.48. The Morgan fingerprint density at radius 3 is 0.826 bits per heavy atom. The third-order valence-electron chi connectivity index (χ3n) is 11.4. The summed E-state index contributed by atoms with van der Waals surface area (Å²) in [6.07, 6.45) is 10.0. The zero-order chi connectivity index (χ0) is 46.7. The van der Waals surface area contributed by atoms with Gasteiger partial charge in [0, 0.05) is 52.1 Å². The molecule has 0 atom stereocenters. The first-order valence-corrected chi connectivity index (χ1v) is 23.0. The molecule has 0 unspecified atom stereocenters. The third kappa shape index (κ3) is 11.3. The van der Waals surface area contributed by atoms with Gasteiger partial charge in [-0.3, -0.25) is 0 Å². The van der Waals surface area contributed by atoms with Crippen LogP contribution in [0.5, 0.6) is 23.0 Å². The molecule has 4 aromatic carbocycles. The van der Waals surface area contributed by atoms with Crippen LogP contribution in [0.2, 0.25) is 0 Å². The van der Waals surface area contributed by atoms with Gasteiger partial charge in [-0.05, 0) is 117 Å². The summed E-state index contributed by atoms with van der Waals surface area (Å²) in [4.78, 5) is 21.6. The predicted octanol–water partition coefficient (Wildman–Crippen LogP) is 9.62. The molecule has 12 nitrogen and oxygen atoms in total. The monoisotopic (exact) mass is 971 g/mol. The number of ether oxygens (including phenoxy) is 4. The van der Waals surface area contributed by atoms with Crippen molar-refractivity contribution in [2.24, 2.45) is 0 Å².